The fourth-order valence-corrected chi connectivity index (χ4v) is 3.17. The van der Waals surface area contributed by atoms with E-state index in [1.54, 1.807) is 12.1 Å². The second kappa shape index (κ2) is 8.71. The zero-order valence-electron chi connectivity index (χ0n) is 15.2. The molecular formula is C17H23BrFN3O2S. The van der Waals surface area contributed by atoms with Crippen LogP contribution in [0, 0.1) is 5.82 Å². The van der Waals surface area contributed by atoms with Gasteiger partial charge in [0, 0.05) is 12.6 Å². The summed E-state index contributed by atoms with van der Waals surface area (Å²) >= 11 is 3.48. The predicted octanol–water partition coefficient (Wildman–Crippen LogP) is 4.59. The summed E-state index contributed by atoms with van der Waals surface area (Å²) in [6, 6.07) is 5.85. The van der Waals surface area contributed by atoms with Crippen LogP contribution in [0.5, 0.6) is 0 Å². The van der Waals surface area contributed by atoms with Crippen LogP contribution in [-0.2, 0) is 10.0 Å². The number of anilines is 1. The molecule has 0 radical (unpaired) electrons. The van der Waals surface area contributed by atoms with E-state index < -0.39 is 10.0 Å². The van der Waals surface area contributed by atoms with Gasteiger partial charge in [0.1, 0.15) is 5.82 Å². The van der Waals surface area contributed by atoms with E-state index in [1.807, 2.05) is 27.7 Å². The average Bonchev–Trinajstić information content (AvgIpc) is 2.56. The van der Waals surface area contributed by atoms with Crippen molar-refractivity contribution in [1.29, 1.82) is 0 Å². The summed E-state index contributed by atoms with van der Waals surface area (Å²) in [6.07, 6.45) is 1.09. The van der Waals surface area contributed by atoms with Crippen LogP contribution >= 0.6 is 15.9 Å². The first-order chi connectivity index (χ1) is 11.6. The third-order valence-corrected chi connectivity index (χ3v) is 5.25. The average molecular weight is 432 g/mol. The number of nitrogens with zero attached hydrogens (tertiary/aromatic N) is 3. The monoisotopic (exact) mass is 431 g/mol. The summed E-state index contributed by atoms with van der Waals surface area (Å²) < 4.78 is 38.4. The van der Waals surface area contributed by atoms with Gasteiger partial charge in [0.25, 0.3) is 0 Å². The molecule has 0 saturated heterocycles. The second-order valence-corrected chi connectivity index (χ2v) is 8.27. The van der Waals surface area contributed by atoms with Crippen molar-refractivity contribution in [3.8, 4) is 11.3 Å². The van der Waals surface area contributed by atoms with E-state index in [4.69, 9.17) is 0 Å². The molecule has 0 aliphatic carbocycles. The summed E-state index contributed by atoms with van der Waals surface area (Å²) in [5, 5.41) is 0. The van der Waals surface area contributed by atoms with Crippen molar-refractivity contribution in [2.24, 2.45) is 0 Å². The molecule has 0 N–H and O–H groups in total. The first-order valence-corrected chi connectivity index (χ1v) is 10.5. The quantitative estimate of drug-likeness (QED) is 0.709. The molecule has 0 amide bonds. The maximum atomic E-state index is 13.1. The minimum atomic E-state index is -3.48. The zero-order valence-corrected chi connectivity index (χ0v) is 17.6. The molecule has 25 heavy (non-hydrogen) atoms. The van der Waals surface area contributed by atoms with Crippen LogP contribution in [0.15, 0.2) is 28.7 Å². The number of hydrogen-bond acceptors (Lipinski definition) is 4. The molecular weight excluding hydrogens is 409 g/mol. The van der Waals surface area contributed by atoms with Crippen LogP contribution in [0.1, 0.15) is 39.3 Å². The molecule has 5 nitrogen and oxygen atoms in total. The van der Waals surface area contributed by atoms with Crippen molar-refractivity contribution < 1.29 is 12.8 Å². The Morgan fingerprint density at radius 2 is 1.64 bits per heavy atom. The van der Waals surface area contributed by atoms with E-state index in [2.05, 4.69) is 25.9 Å². The maximum absolute atomic E-state index is 13.1. The molecule has 0 bridgehead atoms. The molecule has 0 aliphatic heterocycles. The number of benzene rings is 1. The Morgan fingerprint density at radius 3 is 2.08 bits per heavy atom. The normalized spacial score (nSPS) is 11.1. The van der Waals surface area contributed by atoms with E-state index in [0.29, 0.717) is 21.4 Å². The molecule has 0 fully saturated rings. The summed E-state index contributed by atoms with van der Waals surface area (Å²) in [6.45, 7) is 7.90. The van der Waals surface area contributed by atoms with Gasteiger partial charge in [-0.2, -0.15) is 0 Å². The minimum Gasteiger partial charge on any atom is -0.241 e. The highest BCUT2D eigenvalue weighted by atomic mass is 79.9. The number of rotatable bonds is 4. The molecule has 1 aromatic heterocycles. The SMILES string of the molecule is CC.CC(C)c1nc(N(C)S(C)(=O)=O)nc(-c2ccc(F)cc2)c1Br. The van der Waals surface area contributed by atoms with Crippen molar-refractivity contribution in [2.75, 3.05) is 17.6 Å². The highest BCUT2D eigenvalue weighted by molar-refractivity contribution is 9.10. The Labute approximate surface area is 157 Å². The Bertz CT molecular complexity index is 825. The van der Waals surface area contributed by atoms with Crippen LogP contribution in [0.25, 0.3) is 11.3 Å². The van der Waals surface area contributed by atoms with Gasteiger partial charge in [-0.25, -0.2) is 27.1 Å². The van der Waals surface area contributed by atoms with Gasteiger partial charge in [-0.1, -0.05) is 27.7 Å². The summed E-state index contributed by atoms with van der Waals surface area (Å²) in [4.78, 5) is 8.70. The van der Waals surface area contributed by atoms with Crippen LogP contribution in [0.2, 0.25) is 0 Å². The molecule has 138 valence electrons. The molecule has 0 atom stereocenters. The maximum Gasteiger partial charge on any atom is 0.239 e. The van der Waals surface area contributed by atoms with Crippen LogP contribution in [0.4, 0.5) is 10.3 Å². The van der Waals surface area contributed by atoms with E-state index in [0.717, 1.165) is 10.6 Å². The van der Waals surface area contributed by atoms with Gasteiger partial charge in [-0.3, -0.25) is 0 Å². The van der Waals surface area contributed by atoms with Crippen molar-refractivity contribution in [3.63, 3.8) is 0 Å². The van der Waals surface area contributed by atoms with Gasteiger partial charge in [0.2, 0.25) is 16.0 Å². The van der Waals surface area contributed by atoms with Crippen molar-refractivity contribution in [1.82, 2.24) is 9.97 Å². The highest BCUT2D eigenvalue weighted by Crippen LogP contribution is 2.34. The molecule has 0 spiro atoms. The Morgan fingerprint density at radius 1 is 1.12 bits per heavy atom. The van der Waals surface area contributed by atoms with Crippen LogP contribution in [0.3, 0.4) is 0 Å². The van der Waals surface area contributed by atoms with Crippen molar-refractivity contribution in [2.45, 2.75) is 33.6 Å². The Hall–Kier alpha value is -1.54. The molecule has 2 aromatic rings. The molecule has 8 heteroatoms. The minimum absolute atomic E-state index is 0.0540. The van der Waals surface area contributed by atoms with Crippen LogP contribution in [-0.4, -0.2) is 31.7 Å². The van der Waals surface area contributed by atoms with Crippen molar-refractivity contribution in [3.05, 3.63) is 40.2 Å². The van der Waals surface area contributed by atoms with Gasteiger partial charge >= 0.3 is 0 Å². The summed E-state index contributed by atoms with van der Waals surface area (Å²) in [5.74, 6) is -0.214. The summed E-state index contributed by atoms with van der Waals surface area (Å²) in [7, 11) is -2.08. The lowest BCUT2D eigenvalue weighted by Crippen LogP contribution is -2.27. The molecule has 1 aromatic carbocycles. The van der Waals surface area contributed by atoms with Gasteiger partial charge in [-0.15, -0.1) is 0 Å². The fourth-order valence-electron chi connectivity index (χ4n) is 1.92. The largest absolute Gasteiger partial charge is 0.241 e. The Kier molecular flexibility index (Phi) is 7.49. The number of sulfonamides is 1. The predicted molar refractivity (Wildman–Crippen MR) is 104 cm³/mol. The molecule has 0 aliphatic rings. The zero-order chi connectivity index (χ0) is 19.4. The first-order valence-electron chi connectivity index (χ1n) is 7.88. The second-order valence-electron chi connectivity index (χ2n) is 5.46. The molecule has 1 heterocycles. The number of halogens is 2. The molecule has 2 rings (SSSR count). The van der Waals surface area contributed by atoms with E-state index >= 15 is 0 Å². The highest BCUT2D eigenvalue weighted by Gasteiger charge is 2.21. The van der Waals surface area contributed by atoms with E-state index in [-0.39, 0.29) is 17.7 Å². The lowest BCUT2D eigenvalue weighted by molar-refractivity contribution is 0.599. The van der Waals surface area contributed by atoms with E-state index in [9.17, 15) is 12.8 Å². The topological polar surface area (TPSA) is 63.2 Å². The third-order valence-electron chi connectivity index (χ3n) is 3.31. The number of aromatic nitrogens is 2. The Balaban J connectivity index is 0.00000151. The smallest absolute Gasteiger partial charge is 0.239 e. The molecule has 0 saturated carbocycles. The van der Waals surface area contributed by atoms with Gasteiger partial charge in [-0.05, 0) is 46.1 Å². The van der Waals surface area contributed by atoms with Gasteiger partial charge in [0.15, 0.2) is 0 Å². The van der Waals surface area contributed by atoms with Gasteiger partial charge < -0.3 is 0 Å². The van der Waals surface area contributed by atoms with Gasteiger partial charge in [0.05, 0.1) is 22.1 Å². The first kappa shape index (κ1) is 21.5. The standard InChI is InChI=1S/C15H17BrFN3O2S.C2H6/c1-9(2)13-12(16)14(10-5-7-11(17)8-6-10)19-15(18-13)20(3)23(4,21)22;1-2/h5-9H,1-4H3;1-2H3. The molecule has 0 unspecified atom stereocenters. The number of hydrogen-bond donors (Lipinski definition) is 0. The lowest BCUT2D eigenvalue weighted by Gasteiger charge is -2.19. The lowest BCUT2D eigenvalue weighted by atomic mass is 10.1. The summed E-state index contributed by atoms with van der Waals surface area (Å²) in [5.41, 5.74) is 1.88. The van der Waals surface area contributed by atoms with Crippen LogP contribution < -0.4 is 4.31 Å². The fraction of sp³-hybridized carbons (Fsp3) is 0.412. The third kappa shape index (κ3) is 5.22. The van der Waals surface area contributed by atoms with Crippen molar-refractivity contribution >= 4 is 31.9 Å². The van der Waals surface area contributed by atoms with E-state index in [1.165, 1.54) is 19.2 Å².